The molecule has 0 atom stereocenters. The van der Waals surface area contributed by atoms with Gasteiger partial charge >= 0.3 is 0 Å². The van der Waals surface area contributed by atoms with E-state index in [1.165, 1.54) is 19.8 Å². The van der Waals surface area contributed by atoms with Gasteiger partial charge in [-0.15, -0.1) is 0 Å². The highest BCUT2D eigenvalue weighted by molar-refractivity contribution is 9.10. The minimum Gasteiger partial charge on any atom is -0.370 e. The van der Waals surface area contributed by atoms with Crippen LogP contribution in [0, 0.1) is 0 Å². The number of benzene rings is 2. The van der Waals surface area contributed by atoms with E-state index in [0.717, 1.165) is 34.5 Å². The van der Waals surface area contributed by atoms with Gasteiger partial charge < -0.3 is 15.5 Å². The monoisotopic (exact) mass is 415 g/mol. The second kappa shape index (κ2) is 8.36. The molecule has 1 aliphatic heterocycles. The first-order valence-corrected chi connectivity index (χ1v) is 9.51. The highest BCUT2D eigenvalue weighted by atomic mass is 79.9. The van der Waals surface area contributed by atoms with Crippen molar-refractivity contribution in [1.29, 1.82) is 0 Å². The van der Waals surface area contributed by atoms with Crippen molar-refractivity contribution in [3.8, 4) is 0 Å². The Morgan fingerprint density at radius 3 is 2.42 bits per heavy atom. The average Bonchev–Trinajstić information content (AvgIpc) is 3.15. The molecule has 136 valence electrons. The van der Waals surface area contributed by atoms with Crippen LogP contribution in [0.1, 0.15) is 35.7 Å². The molecule has 3 rings (SSSR count). The van der Waals surface area contributed by atoms with E-state index in [1.807, 2.05) is 30.3 Å². The molecule has 2 aromatic rings. The maximum absolute atomic E-state index is 12.7. The van der Waals surface area contributed by atoms with Crippen molar-refractivity contribution in [2.24, 2.45) is 0 Å². The van der Waals surface area contributed by atoms with Gasteiger partial charge in [-0.05, 0) is 48.7 Å². The molecule has 2 aromatic carbocycles. The largest absolute Gasteiger partial charge is 0.370 e. The highest BCUT2D eigenvalue weighted by Crippen LogP contribution is 2.32. The quantitative estimate of drug-likeness (QED) is 0.777. The van der Waals surface area contributed by atoms with Crippen LogP contribution >= 0.6 is 15.9 Å². The smallest absolute Gasteiger partial charge is 0.255 e. The molecule has 0 aromatic heterocycles. The Balaban J connectivity index is 1.73. The van der Waals surface area contributed by atoms with E-state index in [1.54, 1.807) is 12.1 Å². The van der Waals surface area contributed by atoms with E-state index in [0.29, 0.717) is 12.1 Å². The zero-order chi connectivity index (χ0) is 18.5. The molecule has 2 N–H and O–H groups in total. The molecule has 1 heterocycles. The van der Waals surface area contributed by atoms with Crippen molar-refractivity contribution in [3.05, 3.63) is 58.1 Å². The molecule has 0 aliphatic carbocycles. The number of rotatable bonds is 5. The van der Waals surface area contributed by atoms with Crippen LogP contribution in [0.2, 0.25) is 0 Å². The SMILES string of the molecule is CC(=O)NCc1ccc(C(=O)Nc2cc(Br)ccc2N2CCCC2)cc1. The Morgan fingerprint density at radius 2 is 1.77 bits per heavy atom. The summed E-state index contributed by atoms with van der Waals surface area (Å²) in [6.07, 6.45) is 2.36. The number of hydrogen-bond acceptors (Lipinski definition) is 3. The number of nitrogens with one attached hydrogen (secondary N) is 2. The first-order valence-electron chi connectivity index (χ1n) is 8.72. The molecule has 5 nitrogen and oxygen atoms in total. The van der Waals surface area contributed by atoms with Crippen molar-refractivity contribution in [2.45, 2.75) is 26.3 Å². The molecule has 2 amide bonds. The molecule has 0 unspecified atom stereocenters. The highest BCUT2D eigenvalue weighted by Gasteiger charge is 2.17. The molecule has 1 fully saturated rings. The lowest BCUT2D eigenvalue weighted by Crippen LogP contribution is -2.21. The van der Waals surface area contributed by atoms with Crippen molar-refractivity contribution >= 4 is 39.1 Å². The van der Waals surface area contributed by atoms with Crippen LogP contribution < -0.4 is 15.5 Å². The second-order valence-electron chi connectivity index (χ2n) is 6.42. The van der Waals surface area contributed by atoms with Gasteiger partial charge in [-0.25, -0.2) is 0 Å². The van der Waals surface area contributed by atoms with E-state index in [2.05, 4.69) is 31.5 Å². The summed E-state index contributed by atoms with van der Waals surface area (Å²) in [6.45, 7) is 3.98. The van der Waals surface area contributed by atoms with Crippen LogP contribution in [0.25, 0.3) is 0 Å². The average molecular weight is 416 g/mol. The third kappa shape index (κ3) is 4.64. The van der Waals surface area contributed by atoms with Gasteiger partial charge in [0.2, 0.25) is 5.91 Å². The summed E-state index contributed by atoms with van der Waals surface area (Å²) in [5.41, 5.74) is 3.41. The predicted octanol–water partition coefficient (Wildman–Crippen LogP) is 3.94. The fourth-order valence-corrected chi connectivity index (χ4v) is 3.40. The van der Waals surface area contributed by atoms with E-state index in [9.17, 15) is 9.59 Å². The summed E-state index contributed by atoms with van der Waals surface area (Å²) in [4.78, 5) is 25.9. The van der Waals surface area contributed by atoms with Crippen molar-refractivity contribution < 1.29 is 9.59 Å². The van der Waals surface area contributed by atoms with Crippen LogP contribution in [0.3, 0.4) is 0 Å². The minimum absolute atomic E-state index is 0.0732. The third-order valence-electron chi connectivity index (χ3n) is 4.41. The Kier molecular flexibility index (Phi) is 5.93. The van der Waals surface area contributed by atoms with Crippen LogP contribution in [0.15, 0.2) is 46.9 Å². The number of carbonyl (C=O) groups is 2. The molecule has 26 heavy (non-hydrogen) atoms. The van der Waals surface area contributed by atoms with Crippen LogP contribution in [-0.2, 0) is 11.3 Å². The zero-order valence-corrected chi connectivity index (χ0v) is 16.3. The number of amides is 2. The lowest BCUT2D eigenvalue weighted by atomic mass is 10.1. The van der Waals surface area contributed by atoms with Crippen molar-refractivity contribution in [1.82, 2.24) is 5.32 Å². The van der Waals surface area contributed by atoms with Gasteiger partial charge in [0.1, 0.15) is 0 Å². The van der Waals surface area contributed by atoms with Gasteiger partial charge in [-0.2, -0.15) is 0 Å². The Bertz CT molecular complexity index is 799. The third-order valence-corrected chi connectivity index (χ3v) is 4.90. The summed E-state index contributed by atoms with van der Waals surface area (Å²) in [5, 5.41) is 5.78. The van der Waals surface area contributed by atoms with E-state index in [4.69, 9.17) is 0 Å². The number of halogens is 1. The standard InChI is InChI=1S/C20H22BrN3O2/c1-14(25)22-13-15-4-6-16(7-5-15)20(26)23-18-12-17(21)8-9-19(18)24-10-2-3-11-24/h4-9,12H,2-3,10-11,13H2,1H3,(H,22,25)(H,23,26). The van der Waals surface area contributed by atoms with Gasteiger partial charge in [-0.3, -0.25) is 9.59 Å². The topological polar surface area (TPSA) is 61.4 Å². The molecule has 0 saturated carbocycles. The lowest BCUT2D eigenvalue weighted by Gasteiger charge is -2.22. The summed E-state index contributed by atoms with van der Waals surface area (Å²) in [6, 6.07) is 13.2. The zero-order valence-electron chi connectivity index (χ0n) is 14.7. The fraction of sp³-hybridized carbons (Fsp3) is 0.300. The van der Waals surface area contributed by atoms with Gasteiger partial charge in [0.25, 0.3) is 5.91 Å². The Labute approximate surface area is 161 Å². The molecule has 1 saturated heterocycles. The molecule has 0 spiro atoms. The summed E-state index contributed by atoms with van der Waals surface area (Å²) < 4.78 is 0.932. The number of hydrogen-bond donors (Lipinski definition) is 2. The maximum atomic E-state index is 12.7. The minimum atomic E-state index is -0.144. The first-order chi connectivity index (χ1) is 12.5. The van der Waals surface area contributed by atoms with E-state index < -0.39 is 0 Å². The lowest BCUT2D eigenvalue weighted by molar-refractivity contribution is -0.119. The predicted molar refractivity (Wildman–Crippen MR) is 108 cm³/mol. The number of anilines is 2. The van der Waals surface area contributed by atoms with Crippen LogP contribution in [-0.4, -0.2) is 24.9 Å². The number of carbonyl (C=O) groups excluding carboxylic acids is 2. The fourth-order valence-electron chi connectivity index (χ4n) is 3.04. The summed E-state index contributed by atoms with van der Waals surface area (Å²) >= 11 is 3.49. The molecule has 0 radical (unpaired) electrons. The second-order valence-corrected chi connectivity index (χ2v) is 7.33. The van der Waals surface area contributed by atoms with Gasteiger partial charge in [0.15, 0.2) is 0 Å². The van der Waals surface area contributed by atoms with Crippen molar-refractivity contribution in [3.63, 3.8) is 0 Å². The van der Waals surface area contributed by atoms with Crippen LogP contribution in [0.4, 0.5) is 11.4 Å². The molecule has 1 aliphatic rings. The van der Waals surface area contributed by atoms with E-state index >= 15 is 0 Å². The molecular formula is C20H22BrN3O2. The normalized spacial score (nSPS) is 13.5. The van der Waals surface area contributed by atoms with Gasteiger partial charge in [0, 0.05) is 36.6 Å². The molecule has 6 heteroatoms. The molecule has 0 bridgehead atoms. The first kappa shape index (κ1) is 18.5. The van der Waals surface area contributed by atoms with Crippen LogP contribution in [0.5, 0.6) is 0 Å². The molecular weight excluding hydrogens is 394 g/mol. The van der Waals surface area contributed by atoms with Gasteiger partial charge in [0.05, 0.1) is 11.4 Å². The van der Waals surface area contributed by atoms with Crippen molar-refractivity contribution in [2.75, 3.05) is 23.3 Å². The van der Waals surface area contributed by atoms with Gasteiger partial charge in [-0.1, -0.05) is 28.1 Å². The number of nitrogens with zero attached hydrogens (tertiary/aromatic N) is 1. The maximum Gasteiger partial charge on any atom is 0.255 e. The Morgan fingerprint density at radius 1 is 1.08 bits per heavy atom. The summed E-state index contributed by atoms with van der Waals surface area (Å²) in [5.74, 6) is -0.217. The van der Waals surface area contributed by atoms with E-state index in [-0.39, 0.29) is 11.8 Å². The Hall–Kier alpha value is -2.34. The summed E-state index contributed by atoms with van der Waals surface area (Å²) in [7, 11) is 0.